The van der Waals surface area contributed by atoms with E-state index >= 15 is 0 Å². The van der Waals surface area contributed by atoms with Crippen LogP contribution in [0.25, 0.3) is 0 Å². The number of morpholine rings is 1. The molecule has 0 saturated carbocycles. The Labute approximate surface area is 172 Å². The van der Waals surface area contributed by atoms with E-state index in [0.29, 0.717) is 12.5 Å². The summed E-state index contributed by atoms with van der Waals surface area (Å²) in [7, 11) is 1.70. The van der Waals surface area contributed by atoms with Crippen LogP contribution in [0.15, 0.2) is 59.6 Å². The van der Waals surface area contributed by atoms with Crippen LogP contribution in [0.3, 0.4) is 0 Å². The van der Waals surface area contributed by atoms with Crippen LogP contribution in [0.2, 0.25) is 0 Å². The fraction of sp³-hybridized carbons (Fsp3) is 0.364. The van der Waals surface area contributed by atoms with Gasteiger partial charge in [0.1, 0.15) is 0 Å². The Morgan fingerprint density at radius 1 is 1.00 bits per heavy atom. The number of benzene rings is 2. The molecule has 0 atom stereocenters. The summed E-state index contributed by atoms with van der Waals surface area (Å²) in [6.07, 6.45) is 0. The number of anilines is 1. The van der Waals surface area contributed by atoms with Gasteiger partial charge in [-0.05, 0) is 23.3 Å². The highest BCUT2D eigenvalue weighted by Gasteiger charge is 2.13. The second-order valence-corrected chi connectivity index (χ2v) is 6.85. The molecule has 1 saturated heterocycles. The van der Waals surface area contributed by atoms with E-state index in [1.54, 1.807) is 7.05 Å². The van der Waals surface area contributed by atoms with E-state index in [-0.39, 0.29) is 12.5 Å². The van der Waals surface area contributed by atoms with Gasteiger partial charge in [-0.3, -0.25) is 14.7 Å². The molecule has 0 spiro atoms. The van der Waals surface area contributed by atoms with Gasteiger partial charge < -0.3 is 20.7 Å². The van der Waals surface area contributed by atoms with Crippen LogP contribution < -0.4 is 16.0 Å². The van der Waals surface area contributed by atoms with Crippen molar-refractivity contribution >= 4 is 17.6 Å². The number of para-hydroxylation sites is 1. The molecule has 7 heteroatoms. The van der Waals surface area contributed by atoms with Crippen molar-refractivity contribution in [2.45, 2.75) is 13.1 Å². The maximum absolute atomic E-state index is 12.1. The lowest BCUT2D eigenvalue weighted by molar-refractivity contribution is -0.115. The maximum Gasteiger partial charge on any atom is 0.243 e. The van der Waals surface area contributed by atoms with Crippen LogP contribution in [-0.2, 0) is 22.6 Å². The molecule has 0 radical (unpaired) electrons. The number of guanidine groups is 1. The van der Waals surface area contributed by atoms with Gasteiger partial charge in [0.25, 0.3) is 0 Å². The number of amides is 1. The number of ether oxygens (including phenoxy) is 1. The number of hydrogen-bond acceptors (Lipinski definition) is 4. The number of carbonyl (C=O) groups is 1. The zero-order chi connectivity index (χ0) is 20.3. The predicted octanol–water partition coefficient (Wildman–Crippen LogP) is 1.82. The third-order valence-electron chi connectivity index (χ3n) is 4.76. The minimum absolute atomic E-state index is 0.119. The molecule has 0 aliphatic carbocycles. The Kier molecular flexibility index (Phi) is 8.03. The van der Waals surface area contributed by atoms with E-state index in [9.17, 15) is 4.79 Å². The summed E-state index contributed by atoms with van der Waals surface area (Å²) >= 11 is 0. The van der Waals surface area contributed by atoms with Crippen LogP contribution >= 0.6 is 0 Å². The highest BCUT2D eigenvalue weighted by molar-refractivity contribution is 5.94. The minimum atomic E-state index is -0.119. The molecule has 154 valence electrons. The van der Waals surface area contributed by atoms with Crippen LogP contribution in [0.4, 0.5) is 5.69 Å². The number of carbonyl (C=O) groups excluding carboxylic acids is 1. The molecular formula is C22H29N5O2. The summed E-state index contributed by atoms with van der Waals surface area (Å²) < 4.78 is 5.43. The summed E-state index contributed by atoms with van der Waals surface area (Å²) in [6, 6.07) is 17.8. The van der Waals surface area contributed by atoms with E-state index in [4.69, 9.17) is 4.74 Å². The van der Waals surface area contributed by atoms with Crippen molar-refractivity contribution in [3.05, 3.63) is 65.7 Å². The Bertz CT molecular complexity index is 804. The zero-order valence-corrected chi connectivity index (χ0v) is 16.9. The summed E-state index contributed by atoms with van der Waals surface area (Å²) in [6.45, 7) is 5.20. The standard InChI is InChI=1S/C22H29N5O2/c1-23-22(25-16-21(28)26-20-9-3-2-4-10-20)24-15-18-7-5-6-8-19(18)17-27-11-13-29-14-12-27/h2-10H,11-17H2,1H3,(H,26,28)(H2,23,24,25). The van der Waals surface area contributed by atoms with Crippen molar-refractivity contribution in [1.82, 2.24) is 15.5 Å². The van der Waals surface area contributed by atoms with E-state index in [1.807, 2.05) is 36.4 Å². The smallest absolute Gasteiger partial charge is 0.243 e. The van der Waals surface area contributed by atoms with Crippen LogP contribution in [0.1, 0.15) is 11.1 Å². The topological polar surface area (TPSA) is 78.0 Å². The molecule has 0 bridgehead atoms. The zero-order valence-electron chi connectivity index (χ0n) is 16.9. The Morgan fingerprint density at radius 2 is 1.69 bits per heavy atom. The molecule has 29 heavy (non-hydrogen) atoms. The molecule has 0 unspecified atom stereocenters. The first-order chi connectivity index (χ1) is 14.2. The van der Waals surface area contributed by atoms with E-state index < -0.39 is 0 Å². The monoisotopic (exact) mass is 395 g/mol. The fourth-order valence-corrected chi connectivity index (χ4v) is 3.17. The fourth-order valence-electron chi connectivity index (χ4n) is 3.17. The van der Waals surface area contributed by atoms with Crippen molar-refractivity contribution < 1.29 is 9.53 Å². The van der Waals surface area contributed by atoms with Gasteiger partial charge in [-0.2, -0.15) is 0 Å². The molecule has 3 rings (SSSR count). The van der Waals surface area contributed by atoms with Crippen molar-refractivity contribution in [3.63, 3.8) is 0 Å². The molecule has 2 aromatic rings. The van der Waals surface area contributed by atoms with Crippen molar-refractivity contribution in [1.29, 1.82) is 0 Å². The second kappa shape index (κ2) is 11.2. The largest absolute Gasteiger partial charge is 0.379 e. The third kappa shape index (κ3) is 6.89. The number of aliphatic imine (C=N–C) groups is 1. The lowest BCUT2D eigenvalue weighted by Crippen LogP contribution is -2.41. The van der Waals surface area contributed by atoms with Gasteiger partial charge >= 0.3 is 0 Å². The summed E-state index contributed by atoms with van der Waals surface area (Å²) in [5.74, 6) is 0.473. The van der Waals surface area contributed by atoms with Crippen molar-refractivity contribution in [3.8, 4) is 0 Å². The van der Waals surface area contributed by atoms with E-state index in [0.717, 1.165) is 38.5 Å². The summed E-state index contributed by atoms with van der Waals surface area (Å²) in [4.78, 5) is 18.7. The highest BCUT2D eigenvalue weighted by atomic mass is 16.5. The van der Waals surface area contributed by atoms with Crippen LogP contribution in [0, 0.1) is 0 Å². The maximum atomic E-state index is 12.1. The van der Waals surface area contributed by atoms with E-state index in [2.05, 4.69) is 44.0 Å². The Balaban J connectivity index is 1.48. The van der Waals surface area contributed by atoms with Gasteiger partial charge in [-0.1, -0.05) is 42.5 Å². The van der Waals surface area contributed by atoms with Crippen LogP contribution in [-0.4, -0.2) is 56.7 Å². The first kappa shape index (κ1) is 20.8. The quantitative estimate of drug-likeness (QED) is 0.492. The molecule has 1 aliphatic rings. The average molecular weight is 396 g/mol. The molecule has 1 aliphatic heterocycles. The van der Waals surface area contributed by atoms with Crippen molar-refractivity contribution in [2.24, 2.45) is 4.99 Å². The lowest BCUT2D eigenvalue weighted by Gasteiger charge is -2.27. The summed E-state index contributed by atoms with van der Waals surface area (Å²) in [5, 5.41) is 9.21. The summed E-state index contributed by atoms with van der Waals surface area (Å²) in [5.41, 5.74) is 3.29. The highest BCUT2D eigenvalue weighted by Crippen LogP contribution is 2.13. The predicted molar refractivity (Wildman–Crippen MR) is 116 cm³/mol. The van der Waals surface area contributed by atoms with Crippen LogP contribution in [0.5, 0.6) is 0 Å². The minimum Gasteiger partial charge on any atom is -0.379 e. The molecule has 2 aromatic carbocycles. The second-order valence-electron chi connectivity index (χ2n) is 6.85. The van der Waals surface area contributed by atoms with Gasteiger partial charge in [0.2, 0.25) is 5.91 Å². The van der Waals surface area contributed by atoms with Crippen molar-refractivity contribution in [2.75, 3.05) is 45.2 Å². The molecule has 1 heterocycles. The van der Waals surface area contributed by atoms with Gasteiger partial charge in [-0.25, -0.2) is 0 Å². The molecule has 3 N–H and O–H groups in total. The number of rotatable bonds is 7. The molecule has 1 fully saturated rings. The first-order valence-electron chi connectivity index (χ1n) is 9.91. The molecule has 7 nitrogen and oxygen atoms in total. The van der Waals surface area contributed by atoms with Gasteiger partial charge in [0.15, 0.2) is 5.96 Å². The van der Waals surface area contributed by atoms with E-state index in [1.165, 1.54) is 11.1 Å². The normalized spacial score (nSPS) is 15.0. The van der Waals surface area contributed by atoms with Gasteiger partial charge in [0.05, 0.1) is 19.8 Å². The SMILES string of the molecule is CN=C(NCC(=O)Nc1ccccc1)NCc1ccccc1CN1CCOCC1. The molecular weight excluding hydrogens is 366 g/mol. The number of nitrogens with one attached hydrogen (secondary N) is 3. The number of nitrogens with zero attached hydrogens (tertiary/aromatic N) is 2. The number of hydrogen-bond donors (Lipinski definition) is 3. The van der Waals surface area contributed by atoms with Gasteiger partial charge in [-0.15, -0.1) is 0 Å². The molecule has 1 amide bonds. The first-order valence-corrected chi connectivity index (χ1v) is 9.91. The third-order valence-corrected chi connectivity index (χ3v) is 4.76. The average Bonchev–Trinajstić information content (AvgIpc) is 2.76. The van der Waals surface area contributed by atoms with Gasteiger partial charge in [0, 0.05) is 38.9 Å². The molecule has 0 aromatic heterocycles. The lowest BCUT2D eigenvalue weighted by atomic mass is 10.1. The Hall–Kier alpha value is -2.90. The Morgan fingerprint density at radius 3 is 2.41 bits per heavy atom.